The number of ether oxygens (including phenoxy) is 1. The molecule has 0 spiro atoms. The standard InChI is InChI=1S/C12H15Cl2N3O2.ClH/c13-8-2-1-7(5-9(8)14)11-10(17-12(15)18)6-16-3-4-19-11;/h1-2,5,10-11,16H,3-4,6H2,(H3,15,17,18);1H/t10-,11+;/m1./s1. The second-order valence-electron chi connectivity index (χ2n) is 4.28. The number of benzene rings is 1. The molecule has 2 rings (SSSR count). The van der Waals surface area contributed by atoms with Crippen LogP contribution in [0.5, 0.6) is 0 Å². The minimum Gasteiger partial charge on any atom is -0.370 e. The number of carbonyl (C=O) groups excluding carboxylic acids is 1. The van der Waals surface area contributed by atoms with Gasteiger partial charge in [-0.15, -0.1) is 12.4 Å². The predicted octanol–water partition coefficient (Wildman–Crippen LogP) is 2.11. The summed E-state index contributed by atoms with van der Waals surface area (Å²) in [6.45, 7) is 1.84. The van der Waals surface area contributed by atoms with Gasteiger partial charge >= 0.3 is 6.03 Å². The Bertz CT molecular complexity index is 473. The predicted molar refractivity (Wildman–Crippen MR) is 81.8 cm³/mol. The minimum atomic E-state index is -0.581. The molecule has 112 valence electrons. The zero-order valence-corrected chi connectivity index (χ0v) is 12.9. The van der Waals surface area contributed by atoms with E-state index in [1.54, 1.807) is 12.1 Å². The molecule has 1 heterocycles. The Morgan fingerprint density at radius 3 is 2.80 bits per heavy atom. The van der Waals surface area contributed by atoms with Crippen LogP contribution in [0, 0.1) is 0 Å². The molecule has 8 heteroatoms. The second-order valence-corrected chi connectivity index (χ2v) is 5.10. The number of hydrogen-bond donors (Lipinski definition) is 3. The Morgan fingerprint density at radius 2 is 2.15 bits per heavy atom. The van der Waals surface area contributed by atoms with Crippen molar-refractivity contribution in [2.45, 2.75) is 12.1 Å². The fourth-order valence-electron chi connectivity index (χ4n) is 2.07. The first-order valence-corrected chi connectivity index (χ1v) is 6.67. The lowest BCUT2D eigenvalue weighted by molar-refractivity contribution is 0.0467. The third-order valence-electron chi connectivity index (χ3n) is 2.91. The van der Waals surface area contributed by atoms with Crippen LogP contribution < -0.4 is 16.4 Å². The van der Waals surface area contributed by atoms with Gasteiger partial charge in [-0.2, -0.15) is 0 Å². The molecule has 0 radical (unpaired) electrons. The first-order valence-electron chi connectivity index (χ1n) is 5.91. The summed E-state index contributed by atoms with van der Waals surface area (Å²) in [5.74, 6) is 0. The van der Waals surface area contributed by atoms with E-state index in [2.05, 4.69) is 10.6 Å². The van der Waals surface area contributed by atoms with Crippen molar-refractivity contribution in [3.05, 3.63) is 33.8 Å². The van der Waals surface area contributed by atoms with Crippen molar-refractivity contribution < 1.29 is 9.53 Å². The average Bonchev–Trinajstić information content (AvgIpc) is 2.57. The minimum absolute atomic E-state index is 0. The molecule has 0 aliphatic carbocycles. The SMILES string of the molecule is Cl.NC(=O)N[C@@H]1CNCCO[C@H]1c1ccc(Cl)c(Cl)c1. The maximum atomic E-state index is 11.1. The molecule has 1 fully saturated rings. The number of urea groups is 1. The summed E-state index contributed by atoms with van der Waals surface area (Å²) in [6, 6.07) is 4.46. The van der Waals surface area contributed by atoms with Crippen LogP contribution in [0.4, 0.5) is 4.79 Å². The molecule has 20 heavy (non-hydrogen) atoms. The molecule has 1 aromatic carbocycles. The van der Waals surface area contributed by atoms with E-state index in [9.17, 15) is 4.79 Å². The highest BCUT2D eigenvalue weighted by atomic mass is 35.5. The lowest BCUT2D eigenvalue weighted by Crippen LogP contribution is -2.46. The Morgan fingerprint density at radius 1 is 1.40 bits per heavy atom. The molecule has 1 aliphatic heterocycles. The molecule has 1 aromatic rings. The fourth-order valence-corrected chi connectivity index (χ4v) is 2.37. The Labute approximate surface area is 133 Å². The zero-order chi connectivity index (χ0) is 13.8. The van der Waals surface area contributed by atoms with Crippen molar-refractivity contribution in [3.63, 3.8) is 0 Å². The molecule has 0 aromatic heterocycles. The molecule has 2 atom stereocenters. The number of primary amides is 1. The van der Waals surface area contributed by atoms with Gasteiger partial charge in [0.15, 0.2) is 0 Å². The van der Waals surface area contributed by atoms with Gasteiger partial charge in [-0.25, -0.2) is 4.79 Å². The normalized spacial score (nSPS) is 22.5. The van der Waals surface area contributed by atoms with Crippen molar-refractivity contribution in [2.24, 2.45) is 5.73 Å². The van der Waals surface area contributed by atoms with Crippen molar-refractivity contribution in [1.82, 2.24) is 10.6 Å². The summed E-state index contributed by atoms with van der Waals surface area (Å²) in [7, 11) is 0. The number of amides is 2. The van der Waals surface area contributed by atoms with Gasteiger partial charge in [-0.05, 0) is 17.7 Å². The van der Waals surface area contributed by atoms with Crippen LogP contribution >= 0.6 is 35.6 Å². The van der Waals surface area contributed by atoms with Gasteiger partial charge in [0.25, 0.3) is 0 Å². The van der Waals surface area contributed by atoms with Gasteiger partial charge in [0, 0.05) is 13.1 Å². The lowest BCUT2D eigenvalue weighted by Gasteiger charge is -2.25. The number of halogens is 3. The molecular weight excluding hydrogens is 325 g/mol. The number of rotatable bonds is 2. The van der Waals surface area contributed by atoms with Crippen LogP contribution in [0.2, 0.25) is 10.0 Å². The van der Waals surface area contributed by atoms with Gasteiger partial charge in [0.1, 0.15) is 6.10 Å². The third-order valence-corrected chi connectivity index (χ3v) is 3.64. The number of nitrogens with two attached hydrogens (primary N) is 1. The van der Waals surface area contributed by atoms with Crippen molar-refractivity contribution >= 4 is 41.6 Å². The molecule has 1 aliphatic rings. The lowest BCUT2D eigenvalue weighted by atomic mass is 10.0. The second kappa shape index (κ2) is 7.90. The van der Waals surface area contributed by atoms with E-state index in [1.165, 1.54) is 0 Å². The van der Waals surface area contributed by atoms with Crippen LogP contribution in [0.25, 0.3) is 0 Å². The zero-order valence-electron chi connectivity index (χ0n) is 10.6. The molecule has 4 N–H and O–H groups in total. The molecule has 2 amide bonds. The summed E-state index contributed by atoms with van der Waals surface area (Å²) in [5.41, 5.74) is 6.05. The average molecular weight is 341 g/mol. The van der Waals surface area contributed by atoms with Crippen LogP contribution in [0.1, 0.15) is 11.7 Å². The maximum Gasteiger partial charge on any atom is 0.312 e. The molecule has 0 saturated carbocycles. The summed E-state index contributed by atoms with van der Waals surface area (Å²) < 4.78 is 5.76. The number of carbonyl (C=O) groups is 1. The number of nitrogens with one attached hydrogen (secondary N) is 2. The first-order chi connectivity index (χ1) is 9.08. The van der Waals surface area contributed by atoms with Gasteiger partial charge in [-0.1, -0.05) is 29.3 Å². The Balaban J connectivity index is 0.00000200. The van der Waals surface area contributed by atoms with Gasteiger partial charge in [0.2, 0.25) is 0 Å². The van der Waals surface area contributed by atoms with E-state index in [-0.39, 0.29) is 24.6 Å². The molecule has 5 nitrogen and oxygen atoms in total. The van der Waals surface area contributed by atoms with Gasteiger partial charge in [-0.3, -0.25) is 0 Å². The molecule has 1 saturated heterocycles. The summed E-state index contributed by atoms with van der Waals surface area (Å²) in [6.07, 6.45) is -0.308. The van der Waals surface area contributed by atoms with Gasteiger partial charge in [0.05, 0.1) is 22.7 Å². The van der Waals surface area contributed by atoms with Crippen LogP contribution in [0.3, 0.4) is 0 Å². The topological polar surface area (TPSA) is 76.4 Å². The molecule has 0 unspecified atom stereocenters. The largest absolute Gasteiger partial charge is 0.370 e. The summed E-state index contributed by atoms with van der Waals surface area (Å²) in [4.78, 5) is 11.1. The highest BCUT2D eigenvalue weighted by Crippen LogP contribution is 2.29. The van der Waals surface area contributed by atoms with Gasteiger partial charge < -0.3 is 21.1 Å². The Kier molecular flexibility index (Phi) is 6.85. The number of hydrogen-bond acceptors (Lipinski definition) is 3. The molecular formula is C12H16Cl3N3O2. The Hall–Kier alpha value is -0.720. The van der Waals surface area contributed by atoms with E-state index >= 15 is 0 Å². The quantitative estimate of drug-likeness (QED) is 0.772. The van der Waals surface area contributed by atoms with Crippen LogP contribution in [-0.2, 0) is 4.74 Å². The summed E-state index contributed by atoms with van der Waals surface area (Å²) in [5, 5.41) is 6.79. The van der Waals surface area contributed by atoms with Crippen molar-refractivity contribution in [1.29, 1.82) is 0 Å². The van der Waals surface area contributed by atoms with E-state index in [4.69, 9.17) is 33.7 Å². The van der Waals surface area contributed by atoms with E-state index in [0.29, 0.717) is 23.2 Å². The highest BCUT2D eigenvalue weighted by molar-refractivity contribution is 6.42. The van der Waals surface area contributed by atoms with E-state index < -0.39 is 6.03 Å². The van der Waals surface area contributed by atoms with E-state index in [0.717, 1.165) is 12.1 Å². The highest BCUT2D eigenvalue weighted by Gasteiger charge is 2.27. The van der Waals surface area contributed by atoms with Crippen LogP contribution in [-0.4, -0.2) is 31.8 Å². The monoisotopic (exact) mass is 339 g/mol. The summed E-state index contributed by atoms with van der Waals surface area (Å²) >= 11 is 11.9. The van der Waals surface area contributed by atoms with E-state index in [1.807, 2.05) is 6.07 Å². The third kappa shape index (κ3) is 4.40. The smallest absolute Gasteiger partial charge is 0.312 e. The van der Waals surface area contributed by atoms with Crippen molar-refractivity contribution in [3.8, 4) is 0 Å². The maximum absolute atomic E-state index is 11.1. The first kappa shape index (κ1) is 17.3. The fraction of sp³-hybridized carbons (Fsp3) is 0.417. The van der Waals surface area contributed by atoms with Crippen LogP contribution in [0.15, 0.2) is 18.2 Å². The molecule has 0 bridgehead atoms. The van der Waals surface area contributed by atoms with Crippen molar-refractivity contribution in [2.75, 3.05) is 19.7 Å².